The summed E-state index contributed by atoms with van der Waals surface area (Å²) in [5.41, 5.74) is 6.51. The highest BCUT2D eigenvalue weighted by atomic mass is 16.5. The molecule has 0 spiro atoms. The third-order valence-electron chi connectivity index (χ3n) is 4.28. The molecule has 0 atom stereocenters. The van der Waals surface area contributed by atoms with Crippen LogP contribution in [0.1, 0.15) is 32.0 Å². The van der Waals surface area contributed by atoms with E-state index in [1.807, 2.05) is 36.5 Å². The van der Waals surface area contributed by atoms with Gasteiger partial charge in [0, 0.05) is 30.9 Å². The number of carbonyl (C=O) groups excluding carboxylic acids is 1. The standard InChI is InChI=1S/C22H26N4O2/c1-22(2,3)15-23-14-18-21(17-7-5-4-6-8-17)24-19-13-16(11-12-26(18)19)9-10-20(27)25-28/h4-13,23,28H,14-15H2,1-3H3,(H,25,27)/b10-9+. The molecule has 28 heavy (non-hydrogen) atoms. The molecule has 0 saturated carbocycles. The highest BCUT2D eigenvalue weighted by molar-refractivity contribution is 5.91. The summed E-state index contributed by atoms with van der Waals surface area (Å²) >= 11 is 0. The van der Waals surface area contributed by atoms with Crippen molar-refractivity contribution in [3.05, 3.63) is 66.0 Å². The first kappa shape index (κ1) is 19.8. The number of hydrogen-bond acceptors (Lipinski definition) is 4. The molecule has 1 amide bonds. The Morgan fingerprint density at radius 2 is 1.96 bits per heavy atom. The molecule has 2 heterocycles. The third kappa shape index (κ3) is 4.85. The van der Waals surface area contributed by atoms with E-state index in [9.17, 15) is 4.79 Å². The lowest BCUT2D eigenvalue weighted by Crippen LogP contribution is -2.27. The molecule has 0 bridgehead atoms. The SMILES string of the molecule is CC(C)(C)CNCc1c(-c2ccccc2)nc2cc(/C=C/C(=O)NO)ccn12. The first-order valence-corrected chi connectivity index (χ1v) is 9.27. The molecule has 3 N–H and O–H groups in total. The van der Waals surface area contributed by atoms with Crippen LogP contribution in [0.25, 0.3) is 23.0 Å². The Balaban J connectivity index is 1.99. The molecule has 3 rings (SSSR count). The van der Waals surface area contributed by atoms with E-state index in [2.05, 4.69) is 42.6 Å². The second-order valence-corrected chi connectivity index (χ2v) is 7.94. The van der Waals surface area contributed by atoms with Crippen molar-refractivity contribution < 1.29 is 10.0 Å². The second kappa shape index (κ2) is 8.37. The molecule has 0 aliphatic heterocycles. The van der Waals surface area contributed by atoms with Gasteiger partial charge >= 0.3 is 0 Å². The van der Waals surface area contributed by atoms with E-state index in [4.69, 9.17) is 10.2 Å². The number of fused-ring (bicyclic) bond motifs is 1. The lowest BCUT2D eigenvalue weighted by molar-refractivity contribution is -0.124. The van der Waals surface area contributed by atoms with Gasteiger partial charge in [0.25, 0.3) is 5.91 Å². The lowest BCUT2D eigenvalue weighted by atomic mass is 9.97. The van der Waals surface area contributed by atoms with Gasteiger partial charge in [-0.3, -0.25) is 10.0 Å². The van der Waals surface area contributed by atoms with E-state index < -0.39 is 5.91 Å². The van der Waals surface area contributed by atoms with Gasteiger partial charge in [0.2, 0.25) is 0 Å². The first-order valence-electron chi connectivity index (χ1n) is 9.27. The van der Waals surface area contributed by atoms with Crippen LogP contribution in [0.4, 0.5) is 0 Å². The van der Waals surface area contributed by atoms with E-state index in [0.29, 0.717) is 6.54 Å². The van der Waals surface area contributed by atoms with Crippen molar-refractivity contribution in [2.75, 3.05) is 6.54 Å². The molecule has 6 nitrogen and oxygen atoms in total. The van der Waals surface area contributed by atoms with Crippen LogP contribution in [0.15, 0.2) is 54.7 Å². The zero-order valence-electron chi connectivity index (χ0n) is 16.4. The quantitative estimate of drug-likeness (QED) is 0.347. The second-order valence-electron chi connectivity index (χ2n) is 7.94. The molecule has 2 aromatic heterocycles. The van der Waals surface area contributed by atoms with Gasteiger partial charge in [-0.15, -0.1) is 0 Å². The van der Waals surface area contributed by atoms with Gasteiger partial charge in [-0.2, -0.15) is 0 Å². The number of hydroxylamine groups is 1. The molecule has 0 aliphatic rings. The van der Waals surface area contributed by atoms with Gasteiger partial charge in [0.15, 0.2) is 0 Å². The van der Waals surface area contributed by atoms with Crippen LogP contribution in [0.3, 0.4) is 0 Å². The molecular formula is C22H26N4O2. The summed E-state index contributed by atoms with van der Waals surface area (Å²) in [5, 5.41) is 12.2. The van der Waals surface area contributed by atoms with E-state index in [-0.39, 0.29) is 5.41 Å². The Morgan fingerprint density at radius 3 is 2.64 bits per heavy atom. The minimum absolute atomic E-state index is 0.193. The van der Waals surface area contributed by atoms with Crippen molar-refractivity contribution in [2.45, 2.75) is 27.3 Å². The predicted octanol–water partition coefficient (Wildman–Crippen LogP) is 3.66. The van der Waals surface area contributed by atoms with Crippen molar-refractivity contribution >= 4 is 17.6 Å². The smallest absolute Gasteiger partial charge is 0.267 e. The van der Waals surface area contributed by atoms with Crippen molar-refractivity contribution in [1.29, 1.82) is 0 Å². The van der Waals surface area contributed by atoms with Gasteiger partial charge in [0.05, 0.1) is 11.4 Å². The molecule has 3 aromatic rings. The number of hydrogen-bond donors (Lipinski definition) is 3. The van der Waals surface area contributed by atoms with Gasteiger partial charge < -0.3 is 9.72 Å². The number of carbonyl (C=O) groups is 1. The monoisotopic (exact) mass is 378 g/mol. The third-order valence-corrected chi connectivity index (χ3v) is 4.28. The fourth-order valence-corrected chi connectivity index (χ4v) is 2.98. The molecule has 6 heteroatoms. The Bertz CT molecular complexity index is 985. The Kier molecular flexibility index (Phi) is 5.92. The molecule has 0 unspecified atom stereocenters. The fourth-order valence-electron chi connectivity index (χ4n) is 2.98. The van der Waals surface area contributed by atoms with Gasteiger partial charge in [-0.1, -0.05) is 51.1 Å². The molecule has 0 aliphatic carbocycles. The predicted molar refractivity (Wildman–Crippen MR) is 111 cm³/mol. The largest absolute Gasteiger partial charge is 0.311 e. The molecule has 1 aromatic carbocycles. The number of aromatic nitrogens is 2. The maximum Gasteiger partial charge on any atom is 0.267 e. The van der Waals surface area contributed by atoms with Crippen molar-refractivity contribution in [2.24, 2.45) is 5.41 Å². The van der Waals surface area contributed by atoms with Crippen molar-refractivity contribution in [1.82, 2.24) is 20.2 Å². The van der Waals surface area contributed by atoms with Crippen LogP contribution in [0, 0.1) is 5.41 Å². The van der Waals surface area contributed by atoms with E-state index in [1.54, 1.807) is 11.6 Å². The lowest BCUT2D eigenvalue weighted by Gasteiger charge is -2.19. The van der Waals surface area contributed by atoms with E-state index in [0.717, 1.165) is 34.7 Å². The molecule has 0 radical (unpaired) electrons. The maximum absolute atomic E-state index is 11.2. The summed E-state index contributed by atoms with van der Waals surface area (Å²) in [6.07, 6.45) is 4.87. The Hall–Kier alpha value is -2.96. The van der Waals surface area contributed by atoms with Crippen LogP contribution in [-0.4, -0.2) is 27.0 Å². The average Bonchev–Trinajstić information content (AvgIpc) is 3.03. The molecule has 0 fully saturated rings. The molecule has 0 saturated heterocycles. The van der Waals surface area contributed by atoms with Gasteiger partial charge in [-0.05, 0) is 29.2 Å². The highest BCUT2D eigenvalue weighted by Crippen LogP contribution is 2.25. The van der Waals surface area contributed by atoms with Gasteiger partial charge in [-0.25, -0.2) is 10.5 Å². The zero-order chi connectivity index (χ0) is 20.1. The summed E-state index contributed by atoms with van der Waals surface area (Å²) in [6.45, 7) is 8.20. The van der Waals surface area contributed by atoms with Crippen LogP contribution in [-0.2, 0) is 11.3 Å². The van der Waals surface area contributed by atoms with Crippen LogP contribution in [0.2, 0.25) is 0 Å². The summed E-state index contributed by atoms with van der Waals surface area (Å²) < 4.78 is 2.07. The van der Waals surface area contributed by atoms with Crippen molar-refractivity contribution in [3.8, 4) is 11.3 Å². The minimum Gasteiger partial charge on any atom is -0.311 e. The average molecular weight is 378 g/mol. The Labute approximate surface area is 164 Å². The molecule has 146 valence electrons. The first-order chi connectivity index (χ1) is 13.4. The van der Waals surface area contributed by atoms with Crippen LogP contribution < -0.4 is 10.8 Å². The number of rotatable bonds is 6. The summed E-state index contributed by atoms with van der Waals surface area (Å²) in [4.78, 5) is 16.1. The zero-order valence-corrected chi connectivity index (χ0v) is 16.4. The normalized spacial score (nSPS) is 12.0. The molecular weight excluding hydrogens is 352 g/mol. The fraction of sp³-hybridized carbons (Fsp3) is 0.273. The van der Waals surface area contributed by atoms with Crippen molar-refractivity contribution in [3.63, 3.8) is 0 Å². The summed E-state index contributed by atoms with van der Waals surface area (Å²) in [7, 11) is 0. The number of amides is 1. The maximum atomic E-state index is 11.2. The number of nitrogens with one attached hydrogen (secondary N) is 2. The number of pyridine rings is 1. The summed E-state index contributed by atoms with van der Waals surface area (Å²) in [6, 6.07) is 14.0. The van der Waals surface area contributed by atoms with E-state index >= 15 is 0 Å². The van der Waals surface area contributed by atoms with Crippen LogP contribution >= 0.6 is 0 Å². The Morgan fingerprint density at radius 1 is 1.21 bits per heavy atom. The van der Waals surface area contributed by atoms with Gasteiger partial charge in [0.1, 0.15) is 5.65 Å². The number of benzene rings is 1. The highest BCUT2D eigenvalue weighted by Gasteiger charge is 2.15. The number of imidazole rings is 1. The topological polar surface area (TPSA) is 78.7 Å². The summed E-state index contributed by atoms with van der Waals surface area (Å²) in [5.74, 6) is -0.569. The number of nitrogens with zero attached hydrogens (tertiary/aromatic N) is 2. The minimum atomic E-state index is -0.569. The van der Waals surface area contributed by atoms with E-state index in [1.165, 1.54) is 6.08 Å². The van der Waals surface area contributed by atoms with Crippen LogP contribution in [0.5, 0.6) is 0 Å².